The van der Waals surface area contributed by atoms with Gasteiger partial charge in [-0.25, -0.2) is 4.39 Å². The molecule has 1 aliphatic rings. The van der Waals surface area contributed by atoms with Crippen LogP contribution in [0.1, 0.15) is 32.1 Å². The Kier molecular flexibility index (Phi) is 3.52. The van der Waals surface area contributed by atoms with Gasteiger partial charge in [-0.2, -0.15) is 0 Å². The van der Waals surface area contributed by atoms with Crippen LogP contribution in [-0.4, -0.2) is 17.3 Å². The number of hydrogen-bond acceptors (Lipinski definition) is 3. The van der Waals surface area contributed by atoms with Crippen LogP contribution in [-0.2, 0) is 0 Å². The molecule has 0 spiro atoms. The second-order valence-electron chi connectivity index (χ2n) is 4.87. The lowest BCUT2D eigenvalue weighted by molar-refractivity contribution is 0.0167. The van der Waals surface area contributed by atoms with Crippen LogP contribution >= 0.6 is 0 Å². The number of anilines is 2. The molecule has 1 saturated carbocycles. The molecular weight excluding hydrogens is 219 g/mol. The van der Waals surface area contributed by atoms with Crippen molar-refractivity contribution in [3.63, 3.8) is 0 Å². The fourth-order valence-electron chi connectivity index (χ4n) is 2.33. The van der Waals surface area contributed by atoms with Gasteiger partial charge in [-0.15, -0.1) is 0 Å². The zero-order valence-corrected chi connectivity index (χ0v) is 9.88. The molecule has 0 heterocycles. The molecular formula is C13H19FN2O. The Hall–Kier alpha value is -1.29. The predicted molar refractivity (Wildman–Crippen MR) is 67.3 cm³/mol. The summed E-state index contributed by atoms with van der Waals surface area (Å²) in [6.45, 7) is 0.431. The molecule has 1 fully saturated rings. The van der Waals surface area contributed by atoms with Gasteiger partial charge in [0.05, 0.1) is 17.0 Å². The first-order valence-corrected chi connectivity index (χ1v) is 6.10. The third-order valence-corrected chi connectivity index (χ3v) is 3.41. The number of nitrogens with two attached hydrogens (primary N) is 1. The lowest BCUT2D eigenvalue weighted by Crippen LogP contribution is -2.38. The van der Waals surface area contributed by atoms with Crippen LogP contribution in [0.4, 0.5) is 15.8 Å². The van der Waals surface area contributed by atoms with Gasteiger partial charge in [-0.3, -0.25) is 0 Å². The number of nitrogens with one attached hydrogen (secondary N) is 1. The molecule has 0 bridgehead atoms. The monoisotopic (exact) mass is 238 g/mol. The minimum Gasteiger partial charge on any atom is -0.397 e. The Morgan fingerprint density at radius 2 is 2.00 bits per heavy atom. The van der Waals surface area contributed by atoms with Crippen LogP contribution < -0.4 is 11.1 Å². The molecule has 0 unspecified atom stereocenters. The van der Waals surface area contributed by atoms with Gasteiger partial charge >= 0.3 is 0 Å². The Bertz CT molecular complexity index is 389. The molecule has 3 nitrogen and oxygen atoms in total. The van der Waals surface area contributed by atoms with E-state index in [-0.39, 0.29) is 5.82 Å². The van der Waals surface area contributed by atoms with Crippen LogP contribution in [0.3, 0.4) is 0 Å². The highest BCUT2D eigenvalue weighted by atomic mass is 19.1. The molecule has 1 aromatic rings. The van der Waals surface area contributed by atoms with E-state index in [2.05, 4.69) is 5.32 Å². The summed E-state index contributed by atoms with van der Waals surface area (Å²) in [7, 11) is 0. The van der Waals surface area contributed by atoms with Crippen molar-refractivity contribution in [2.45, 2.75) is 37.7 Å². The van der Waals surface area contributed by atoms with Gasteiger partial charge in [-0.1, -0.05) is 19.3 Å². The Morgan fingerprint density at radius 1 is 1.29 bits per heavy atom. The number of rotatable bonds is 3. The minimum absolute atomic E-state index is 0.322. The summed E-state index contributed by atoms with van der Waals surface area (Å²) in [5.74, 6) is -0.322. The van der Waals surface area contributed by atoms with Crippen molar-refractivity contribution >= 4 is 11.4 Å². The maximum Gasteiger partial charge on any atom is 0.125 e. The van der Waals surface area contributed by atoms with Crippen molar-refractivity contribution < 1.29 is 9.50 Å². The van der Waals surface area contributed by atoms with Gasteiger partial charge in [-0.05, 0) is 31.0 Å². The summed E-state index contributed by atoms with van der Waals surface area (Å²) in [4.78, 5) is 0. The van der Waals surface area contributed by atoms with E-state index >= 15 is 0 Å². The average Bonchev–Trinajstić information content (AvgIpc) is 2.31. The fraction of sp³-hybridized carbons (Fsp3) is 0.538. The van der Waals surface area contributed by atoms with Crippen LogP contribution in [0, 0.1) is 5.82 Å². The minimum atomic E-state index is -0.670. The zero-order valence-electron chi connectivity index (χ0n) is 9.88. The summed E-state index contributed by atoms with van der Waals surface area (Å²) < 4.78 is 13.1. The molecule has 1 aromatic carbocycles. The zero-order chi connectivity index (χ0) is 12.3. The largest absolute Gasteiger partial charge is 0.397 e. The third-order valence-electron chi connectivity index (χ3n) is 3.41. The van der Waals surface area contributed by atoms with Crippen molar-refractivity contribution in [1.82, 2.24) is 0 Å². The highest BCUT2D eigenvalue weighted by molar-refractivity contribution is 5.65. The van der Waals surface area contributed by atoms with Crippen molar-refractivity contribution in [2.75, 3.05) is 17.6 Å². The van der Waals surface area contributed by atoms with E-state index in [1.54, 1.807) is 0 Å². The highest BCUT2D eigenvalue weighted by Crippen LogP contribution is 2.29. The second kappa shape index (κ2) is 4.92. The van der Waals surface area contributed by atoms with Gasteiger partial charge in [0.15, 0.2) is 0 Å². The van der Waals surface area contributed by atoms with Crippen LogP contribution in [0.25, 0.3) is 0 Å². The predicted octanol–water partition coefficient (Wildman–Crippen LogP) is 2.52. The first-order chi connectivity index (χ1) is 8.09. The molecule has 0 aliphatic heterocycles. The lowest BCUT2D eigenvalue weighted by atomic mass is 9.85. The quantitative estimate of drug-likeness (QED) is 0.709. The molecule has 0 aromatic heterocycles. The maximum atomic E-state index is 13.1. The average molecular weight is 238 g/mol. The number of halogens is 1. The smallest absolute Gasteiger partial charge is 0.125 e. The third kappa shape index (κ3) is 3.09. The fourth-order valence-corrected chi connectivity index (χ4v) is 2.33. The van der Waals surface area contributed by atoms with E-state index in [4.69, 9.17) is 5.73 Å². The maximum absolute atomic E-state index is 13.1. The number of hydrogen-bond donors (Lipinski definition) is 3. The van der Waals surface area contributed by atoms with Gasteiger partial charge in [0, 0.05) is 6.54 Å². The molecule has 0 radical (unpaired) electrons. The van der Waals surface area contributed by atoms with E-state index in [9.17, 15) is 9.50 Å². The molecule has 94 valence electrons. The van der Waals surface area contributed by atoms with Gasteiger partial charge in [0.25, 0.3) is 0 Å². The summed E-state index contributed by atoms with van der Waals surface area (Å²) >= 11 is 0. The van der Waals surface area contributed by atoms with Gasteiger partial charge < -0.3 is 16.2 Å². The van der Waals surface area contributed by atoms with E-state index in [1.807, 2.05) is 0 Å². The molecule has 0 atom stereocenters. The Morgan fingerprint density at radius 3 is 2.71 bits per heavy atom. The Labute approximate surface area is 101 Å². The summed E-state index contributed by atoms with van der Waals surface area (Å²) in [5.41, 5.74) is 6.13. The topological polar surface area (TPSA) is 58.3 Å². The van der Waals surface area contributed by atoms with Crippen molar-refractivity contribution in [1.29, 1.82) is 0 Å². The molecule has 1 aliphatic carbocycles. The van der Waals surface area contributed by atoms with Crippen molar-refractivity contribution in [3.05, 3.63) is 24.0 Å². The summed E-state index contributed by atoms with van der Waals surface area (Å²) in [6, 6.07) is 4.22. The van der Waals surface area contributed by atoms with E-state index in [1.165, 1.54) is 24.6 Å². The van der Waals surface area contributed by atoms with Crippen molar-refractivity contribution in [3.8, 4) is 0 Å². The molecule has 0 saturated heterocycles. The molecule has 2 rings (SSSR count). The molecule has 17 heavy (non-hydrogen) atoms. The number of benzene rings is 1. The SMILES string of the molecule is Nc1ccc(F)cc1NCC1(O)CCCCC1. The van der Waals surface area contributed by atoms with E-state index in [0.717, 1.165) is 25.7 Å². The molecule has 4 heteroatoms. The van der Waals surface area contributed by atoms with Gasteiger partial charge in [0.1, 0.15) is 5.82 Å². The molecule has 0 amide bonds. The summed E-state index contributed by atoms with van der Waals surface area (Å²) in [6.07, 6.45) is 4.89. The van der Waals surface area contributed by atoms with Crippen LogP contribution in [0.15, 0.2) is 18.2 Å². The number of nitrogen functional groups attached to an aromatic ring is 1. The van der Waals surface area contributed by atoms with Crippen LogP contribution in [0.5, 0.6) is 0 Å². The first kappa shape index (κ1) is 12.2. The van der Waals surface area contributed by atoms with Crippen molar-refractivity contribution in [2.24, 2.45) is 0 Å². The lowest BCUT2D eigenvalue weighted by Gasteiger charge is -2.32. The second-order valence-corrected chi connectivity index (χ2v) is 4.87. The standard InChI is InChI=1S/C13H19FN2O/c14-10-4-5-11(15)12(8-10)16-9-13(17)6-2-1-3-7-13/h4-5,8,16-17H,1-3,6-7,9,15H2. The first-order valence-electron chi connectivity index (χ1n) is 6.10. The normalized spacial score (nSPS) is 18.9. The summed E-state index contributed by atoms with van der Waals surface area (Å²) in [5, 5.41) is 13.3. The highest BCUT2D eigenvalue weighted by Gasteiger charge is 2.28. The number of aliphatic hydroxyl groups is 1. The van der Waals surface area contributed by atoms with Crippen LogP contribution in [0.2, 0.25) is 0 Å². The van der Waals surface area contributed by atoms with E-state index in [0.29, 0.717) is 17.9 Å². The van der Waals surface area contributed by atoms with E-state index < -0.39 is 5.60 Å². The van der Waals surface area contributed by atoms with Gasteiger partial charge in [0.2, 0.25) is 0 Å². The Balaban J connectivity index is 1.99. The molecule has 4 N–H and O–H groups in total.